The fourth-order valence-corrected chi connectivity index (χ4v) is 3.24. The number of hydrogen-bond acceptors (Lipinski definition) is 6. The molecule has 0 fully saturated rings. The summed E-state index contributed by atoms with van der Waals surface area (Å²) < 4.78 is 0. The molecule has 116 valence electrons. The zero-order valence-electron chi connectivity index (χ0n) is 11.8. The van der Waals surface area contributed by atoms with Crippen LogP contribution in [0.2, 0.25) is 5.02 Å². The van der Waals surface area contributed by atoms with Gasteiger partial charge in [-0.2, -0.15) is 10.5 Å². The number of benzene rings is 1. The number of nitrogens with two attached hydrogens (primary N) is 2. The van der Waals surface area contributed by atoms with E-state index < -0.39 is 11.8 Å². The number of amides is 1. The Morgan fingerprint density at radius 2 is 1.96 bits per heavy atom. The number of nitriles is 2. The Balaban J connectivity index is 2.59. The Kier molecular flexibility index (Phi) is 5.17. The predicted molar refractivity (Wildman–Crippen MR) is 88.4 cm³/mol. The average Bonchev–Trinajstić information content (AvgIpc) is 2.52. The van der Waals surface area contributed by atoms with Crippen LogP contribution in [0.1, 0.15) is 11.5 Å². The van der Waals surface area contributed by atoms with Crippen LogP contribution >= 0.6 is 23.4 Å². The van der Waals surface area contributed by atoms with E-state index in [1.54, 1.807) is 24.3 Å². The number of carbonyl (C=O) groups excluding carboxylic acids is 1. The number of allylic oxidation sites excluding steroid dienone is 2. The molecule has 1 aromatic rings. The fraction of sp³-hybridized carbons (Fsp3) is 0.133. The second-order valence-electron chi connectivity index (χ2n) is 4.63. The molecule has 8 heteroatoms. The van der Waals surface area contributed by atoms with Crippen LogP contribution in [-0.4, -0.2) is 11.7 Å². The number of nitrogens with one attached hydrogen (secondary N) is 1. The maximum absolute atomic E-state index is 11.0. The lowest BCUT2D eigenvalue weighted by molar-refractivity contribution is -0.115. The molecule has 1 amide bonds. The van der Waals surface area contributed by atoms with Gasteiger partial charge in [-0.1, -0.05) is 41.6 Å². The first-order valence-corrected chi connectivity index (χ1v) is 7.82. The number of rotatable bonds is 4. The van der Waals surface area contributed by atoms with Crippen molar-refractivity contribution < 1.29 is 4.79 Å². The van der Waals surface area contributed by atoms with E-state index in [0.29, 0.717) is 15.6 Å². The highest BCUT2D eigenvalue weighted by atomic mass is 35.5. The van der Waals surface area contributed by atoms with Gasteiger partial charge in [0.25, 0.3) is 0 Å². The molecule has 0 radical (unpaired) electrons. The number of hydrogen-bond donors (Lipinski definition) is 3. The highest BCUT2D eigenvalue weighted by Crippen LogP contribution is 2.41. The van der Waals surface area contributed by atoms with Crippen LogP contribution in [0.4, 0.5) is 0 Å². The van der Waals surface area contributed by atoms with E-state index in [9.17, 15) is 15.3 Å². The van der Waals surface area contributed by atoms with Crippen molar-refractivity contribution in [2.24, 2.45) is 11.5 Å². The molecule has 0 unspecified atom stereocenters. The lowest BCUT2D eigenvalue weighted by Crippen LogP contribution is -2.30. The Labute approximate surface area is 142 Å². The predicted octanol–water partition coefficient (Wildman–Crippen LogP) is 1.67. The largest absolute Gasteiger partial charge is 0.384 e. The number of halogens is 1. The van der Waals surface area contributed by atoms with Gasteiger partial charge >= 0.3 is 0 Å². The van der Waals surface area contributed by atoms with E-state index >= 15 is 0 Å². The summed E-state index contributed by atoms with van der Waals surface area (Å²) in [4.78, 5) is 11.0. The fourth-order valence-electron chi connectivity index (χ4n) is 2.21. The standard InChI is InChI=1S/C15H12ClN5OS/c16-11-4-2-1-3-8(11)13-9(5-17)14(20)21-15(10(13)6-18)23-7-12(19)22/h1-4,13,21H,7,20H2,(H2,19,22)/t13-/m0/s1. The third-order valence-electron chi connectivity index (χ3n) is 3.18. The van der Waals surface area contributed by atoms with Crippen LogP contribution in [0.15, 0.2) is 46.3 Å². The third-order valence-corrected chi connectivity index (χ3v) is 4.56. The molecule has 0 aromatic heterocycles. The first-order valence-electron chi connectivity index (χ1n) is 6.46. The monoisotopic (exact) mass is 345 g/mol. The van der Waals surface area contributed by atoms with Crippen LogP contribution in [0.25, 0.3) is 0 Å². The molecule has 1 atom stereocenters. The molecule has 0 saturated carbocycles. The smallest absolute Gasteiger partial charge is 0.227 e. The van der Waals surface area contributed by atoms with Gasteiger partial charge < -0.3 is 16.8 Å². The van der Waals surface area contributed by atoms with Gasteiger partial charge in [-0.15, -0.1) is 0 Å². The van der Waals surface area contributed by atoms with Gasteiger partial charge in [0.1, 0.15) is 5.82 Å². The van der Waals surface area contributed by atoms with Gasteiger partial charge in [-0.3, -0.25) is 4.79 Å². The molecule has 23 heavy (non-hydrogen) atoms. The zero-order valence-corrected chi connectivity index (χ0v) is 13.4. The van der Waals surface area contributed by atoms with Crippen molar-refractivity contribution in [3.05, 3.63) is 56.8 Å². The Hall–Kier alpha value is -2.61. The summed E-state index contributed by atoms with van der Waals surface area (Å²) >= 11 is 7.28. The van der Waals surface area contributed by atoms with Crippen LogP contribution in [0, 0.1) is 22.7 Å². The van der Waals surface area contributed by atoms with E-state index in [2.05, 4.69) is 11.4 Å². The number of nitrogens with zero attached hydrogens (tertiary/aromatic N) is 2. The maximum atomic E-state index is 11.0. The topological polar surface area (TPSA) is 129 Å². The Bertz CT molecular complexity index is 803. The molecule has 0 spiro atoms. The third kappa shape index (κ3) is 3.42. The van der Waals surface area contributed by atoms with Crippen molar-refractivity contribution >= 4 is 29.3 Å². The van der Waals surface area contributed by atoms with Crippen LogP contribution < -0.4 is 16.8 Å². The van der Waals surface area contributed by atoms with Crippen molar-refractivity contribution in [1.29, 1.82) is 10.5 Å². The van der Waals surface area contributed by atoms with Crippen molar-refractivity contribution in [3.63, 3.8) is 0 Å². The molecular formula is C15H12ClN5OS. The van der Waals surface area contributed by atoms with E-state index in [-0.39, 0.29) is 22.7 Å². The molecule has 1 heterocycles. The minimum atomic E-state index is -0.685. The quantitative estimate of drug-likeness (QED) is 0.761. The van der Waals surface area contributed by atoms with Crippen molar-refractivity contribution in [2.45, 2.75) is 5.92 Å². The van der Waals surface area contributed by atoms with Crippen molar-refractivity contribution in [1.82, 2.24) is 5.32 Å². The van der Waals surface area contributed by atoms with E-state index in [4.69, 9.17) is 23.1 Å². The van der Waals surface area contributed by atoms with Gasteiger partial charge in [0.15, 0.2) is 0 Å². The highest BCUT2D eigenvalue weighted by molar-refractivity contribution is 8.03. The first-order chi connectivity index (χ1) is 11.0. The second-order valence-corrected chi connectivity index (χ2v) is 6.02. The molecule has 0 saturated heterocycles. The summed E-state index contributed by atoms with van der Waals surface area (Å²) in [5, 5.41) is 22.6. The van der Waals surface area contributed by atoms with Crippen LogP contribution in [0.3, 0.4) is 0 Å². The normalized spacial score (nSPS) is 17.3. The zero-order chi connectivity index (χ0) is 17.0. The molecule has 0 aliphatic carbocycles. The number of thioether (sulfide) groups is 1. The second kappa shape index (κ2) is 7.10. The number of dihydropyridines is 1. The minimum Gasteiger partial charge on any atom is -0.384 e. The van der Waals surface area contributed by atoms with Crippen molar-refractivity contribution in [2.75, 3.05) is 5.75 Å². The van der Waals surface area contributed by atoms with Crippen molar-refractivity contribution in [3.8, 4) is 12.1 Å². The van der Waals surface area contributed by atoms with Gasteiger partial charge in [-0.25, -0.2) is 0 Å². The summed E-state index contributed by atoms with van der Waals surface area (Å²) in [5.74, 6) is -1.10. The summed E-state index contributed by atoms with van der Waals surface area (Å²) in [6.07, 6.45) is 0. The van der Waals surface area contributed by atoms with Gasteiger partial charge in [0, 0.05) is 5.02 Å². The van der Waals surface area contributed by atoms with Crippen LogP contribution in [-0.2, 0) is 4.79 Å². The summed E-state index contributed by atoms with van der Waals surface area (Å²) in [5.41, 5.74) is 12.1. The van der Waals surface area contributed by atoms with E-state index in [1.807, 2.05) is 6.07 Å². The molecule has 1 aliphatic heterocycles. The summed E-state index contributed by atoms with van der Waals surface area (Å²) in [6, 6.07) is 11.0. The molecule has 0 bridgehead atoms. The lowest BCUT2D eigenvalue weighted by atomic mass is 9.84. The van der Waals surface area contributed by atoms with Gasteiger partial charge in [0.05, 0.1) is 40.0 Å². The minimum absolute atomic E-state index is 0.0160. The average molecular weight is 346 g/mol. The lowest BCUT2D eigenvalue weighted by Gasteiger charge is -2.27. The molecule has 5 N–H and O–H groups in total. The first kappa shape index (κ1) is 16.8. The molecule has 6 nitrogen and oxygen atoms in total. The number of primary amides is 1. The molecule has 1 aliphatic rings. The molecular weight excluding hydrogens is 334 g/mol. The van der Waals surface area contributed by atoms with Gasteiger partial charge in [0.2, 0.25) is 5.91 Å². The Morgan fingerprint density at radius 3 is 2.52 bits per heavy atom. The summed E-state index contributed by atoms with van der Waals surface area (Å²) in [6.45, 7) is 0. The maximum Gasteiger partial charge on any atom is 0.227 e. The molecule has 1 aromatic carbocycles. The number of carbonyl (C=O) groups is 1. The van der Waals surface area contributed by atoms with Gasteiger partial charge in [-0.05, 0) is 11.6 Å². The highest BCUT2D eigenvalue weighted by Gasteiger charge is 2.32. The summed E-state index contributed by atoms with van der Waals surface area (Å²) in [7, 11) is 0. The van der Waals surface area contributed by atoms with E-state index in [1.165, 1.54) is 0 Å². The van der Waals surface area contributed by atoms with E-state index in [0.717, 1.165) is 11.8 Å². The SMILES string of the molecule is N#CC1=C(N)NC(SCC(N)=O)=C(C#N)[C@H]1c1ccccc1Cl. The van der Waals surface area contributed by atoms with Crippen LogP contribution in [0.5, 0.6) is 0 Å². The molecule has 2 rings (SSSR count). The Morgan fingerprint density at radius 1 is 1.30 bits per heavy atom.